The fraction of sp³-hybridized carbons (Fsp3) is 0.700. The monoisotopic (exact) mass is 225 g/mol. The van der Waals surface area contributed by atoms with E-state index in [1.54, 1.807) is 7.05 Å². The Labute approximate surface area is 94.4 Å². The molecule has 16 heavy (non-hydrogen) atoms. The van der Waals surface area contributed by atoms with E-state index < -0.39 is 0 Å². The zero-order valence-electron chi connectivity index (χ0n) is 9.31. The van der Waals surface area contributed by atoms with E-state index in [9.17, 15) is 9.59 Å². The largest absolute Gasteiger partial charge is 0.370 e. The van der Waals surface area contributed by atoms with E-state index in [-0.39, 0.29) is 25.0 Å². The van der Waals surface area contributed by atoms with Gasteiger partial charge in [0.2, 0.25) is 11.8 Å². The Hall–Kier alpha value is -1.61. The summed E-state index contributed by atoms with van der Waals surface area (Å²) in [6.45, 7) is 1.45. The summed E-state index contributed by atoms with van der Waals surface area (Å²) in [4.78, 5) is 25.9. The highest BCUT2D eigenvalue weighted by atomic mass is 16.5. The maximum absolute atomic E-state index is 11.6. The lowest BCUT2D eigenvalue weighted by atomic mass is 10.3. The highest BCUT2D eigenvalue weighted by Crippen LogP contribution is 2.00. The Bertz CT molecular complexity index is 311. The van der Waals surface area contributed by atoms with Gasteiger partial charge in [-0.15, -0.1) is 0 Å². The van der Waals surface area contributed by atoms with Crippen LogP contribution in [0.1, 0.15) is 6.42 Å². The number of nitriles is 1. The fourth-order valence-corrected chi connectivity index (χ4v) is 1.34. The van der Waals surface area contributed by atoms with Gasteiger partial charge in [-0.05, 0) is 0 Å². The summed E-state index contributed by atoms with van der Waals surface area (Å²) in [6, 6.07) is 1.97. The average Bonchev–Trinajstić information content (AvgIpc) is 2.28. The molecule has 1 fully saturated rings. The maximum Gasteiger partial charge on any atom is 0.249 e. The van der Waals surface area contributed by atoms with E-state index in [0.717, 1.165) is 0 Å². The van der Waals surface area contributed by atoms with E-state index >= 15 is 0 Å². The Morgan fingerprint density at radius 1 is 1.69 bits per heavy atom. The van der Waals surface area contributed by atoms with Crippen LogP contribution in [0.3, 0.4) is 0 Å². The quantitative estimate of drug-likeness (QED) is 0.629. The number of carbonyl (C=O) groups is 2. The van der Waals surface area contributed by atoms with Gasteiger partial charge >= 0.3 is 0 Å². The molecule has 1 heterocycles. The lowest BCUT2D eigenvalue weighted by molar-refractivity contribution is -0.148. The van der Waals surface area contributed by atoms with Crippen molar-refractivity contribution in [3.63, 3.8) is 0 Å². The molecule has 0 aromatic heterocycles. The Morgan fingerprint density at radius 3 is 3.06 bits per heavy atom. The van der Waals surface area contributed by atoms with Crippen molar-refractivity contribution in [2.75, 3.05) is 39.9 Å². The van der Waals surface area contributed by atoms with Gasteiger partial charge in [0.25, 0.3) is 0 Å². The molecule has 6 heteroatoms. The minimum absolute atomic E-state index is 0.0508. The molecule has 0 aromatic carbocycles. The predicted molar refractivity (Wildman–Crippen MR) is 55.3 cm³/mol. The van der Waals surface area contributed by atoms with Crippen molar-refractivity contribution < 1.29 is 14.3 Å². The summed E-state index contributed by atoms with van der Waals surface area (Å²) in [6.07, 6.45) is 0.305. The SMILES string of the molecule is CN(CCC#N)C(=O)CN1CCOCC1=O. The van der Waals surface area contributed by atoms with Gasteiger partial charge in [-0.1, -0.05) is 0 Å². The number of rotatable bonds is 4. The van der Waals surface area contributed by atoms with Crippen molar-refractivity contribution in [2.24, 2.45) is 0 Å². The average molecular weight is 225 g/mol. The van der Waals surface area contributed by atoms with E-state index in [2.05, 4.69) is 0 Å². The number of hydrogen-bond acceptors (Lipinski definition) is 4. The number of ether oxygens (including phenoxy) is 1. The normalized spacial score (nSPS) is 15.8. The van der Waals surface area contributed by atoms with Gasteiger partial charge < -0.3 is 14.5 Å². The van der Waals surface area contributed by atoms with E-state index in [4.69, 9.17) is 10.00 Å². The molecule has 6 nitrogen and oxygen atoms in total. The van der Waals surface area contributed by atoms with Gasteiger partial charge in [0, 0.05) is 20.1 Å². The van der Waals surface area contributed by atoms with Crippen LogP contribution in [-0.2, 0) is 14.3 Å². The number of morpholine rings is 1. The summed E-state index contributed by atoms with van der Waals surface area (Å²) >= 11 is 0. The molecule has 1 saturated heterocycles. The van der Waals surface area contributed by atoms with Crippen LogP contribution in [0, 0.1) is 11.3 Å². The Balaban J connectivity index is 2.38. The van der Waals surface area contributed by atoms with Gasteiger partial charge in [0.15, 0.2) is 0 Å². The van der Waals surface area contributed by atoms with Crippen LogP contribution in [-0.4, -0.2) is 61.5 Å². The molecule has 0 aliphatic carbocycles. The molecule has 0 aromatic rings. The highest BCUT2D eigenvalue weighted by Gasteiger charge is 2.22. The summed E-state index contributed by atoms with van der Waals surface area (Å²) in [5.74, 6) is -0.307. The van der Waals surface area contributed by atoms with Crippen LogP contribution in [0.15, 0.2) is 0 Å². The maximum atomic E-state index is 11.6. The van der Waals surface area contributed by atoms with Crippen LogP contribution in [0.25, 0.3) is 0 Å². The third kappa shape index (κ3) is 3.51. The first-order valence-electron chi connectivity index (χ1n) is 5.11. The van der Waals surface area contributed by atoms with Crippen LogP contribution in [0.2, 0.25) is 0 Å². The number of carbonyl (C=O) groups excluding carboxylic acids is 2. The molecule has 0 N–H and O–H groups in total. The van der Waals surface area contributed by atoms with Gasteiger partial charge in [-0.25, -0.2) is 0 Å². The molecule has 0 spiro atoms. The van der Waals surface area contributed by atoms with Gasteiger partial charge in [-0.3, -0.25) is 9.59 Å². The number of likely N-dealkylation sites (N-methyl/N-ethyl adjacent to an activating group) is 1. The van der Waals surface area contributed by atoms with E-state index in [0.29, 0.717) is 26.1 Å². The standard InChI is InChI=1S/C10H15N3O3/c1-12(4-2-3-11)9(14)7-13-5-6-16-8-10(13)15/h2,4-8H2,1H3. The predicted octanol–water partition coefficient (Wildman–Crippen LogP) is -0.783. The van der Waals surface area contributed by atoms with Gasteiger partial charge in [0.05, 0.1) is 25.6 Å². The van der Waals surface area contributed by atoms with Crippen LogP contribution in [0.4, 0.5) is 0 Å². The van der Waals surface area contributed by atoms with E-state index in [1.807, 2.05) is 6.07 Å². The van der Waals surface area contributed by atoms with Crippen molar-refractivity contribution in [3.05, 3.63) is 0 Å². The second-order valence-corrected chi connectivity index (χ2v) is 3.59. The summed E-state index contributed by atoms with van der Waals surface area (Å²) in [7, 11) is 1.63. The molecule has 0 saturated carbocycles. The second kappa shape index (κ2) is 6.08. The molecule has 0 atom stereocenters. The van der Waals surface area contributed by atoms with Crippen LogP contribution >= 0.6 is 0 Å². The van der Waals surface area contributed by atoms with Gasteiger partial charge in [-0.2, -0.15) is 5.26 Å². The summed E-state index contributed by atoms with van der Waals surface area (Å²) < 4.78 is 4.96. The minimum Gasteiger partial charge on any atom is -0.370 e. The summed E-state index contributed by atoms with van der Waals surface area (Å²) in [5.41, 5.74) is 0. The molecule has 2 amide bonds. The molecule has 1 aliphatic rings. The van der Waals surface area contributed by atoms with E-state index in [1.165, 1.54) is 9.80 Å². The number of amides is 2. The van der Waals surface area contributed by atoms with Crippen LogP contribution in [0.5, 0.6) is 0 Å². The zero-order valence-corrected chi connectivity index (χ0v) is 9.31. The highest BCUT2D eigenvalue weighted by molar-refractivity contribution is 5.85. The molecule has 0 unspecified atom stereocenters. The summed E-state index contributed by atoms with van der Waals surface area (Å²) in [5, 5.41) is 8.39. The third-order valence-electron chi connectivity index (χ3n) is 2.39. The third-order valence-corrected chi connectivity index (χ3v) is 2.39. The Kier molecular flexibility index (Phi) is 4.73. The topological polar surface area (TPSA) is 73.6 Å². The fourth-order valence-electron chi connectivity index (χ4n) is 1.34. The van der Waals surface area contributed by atoms with Crippen molar-refractivity contribution >= 4 is 11.8 Å². The van der Waals surface area contributed by atoms with Crippen molar-refractivity contribution in [2.45, 2.75) is 6.42 Å². The first kappa shape index (κ1) is 12.5. The number of hydrogen-bond donors (Lipinski definition) is 0. The van der Waals surface area contributed by atoms with Crippen LogP contribution < -0.4 is 0 Å². The second-order valence-electron chi connectivity index (χ2n) is 3.59. The van der Waals surface area contributed by atoms with Gasteiger partial charge in [0.1, 0.15) is 6.61 Å². The molecule has 1 rings (SSSR count). The molecule has 1 aliphatic heterocycles. The van der Waals surface area contributed by atoms with Crippen molar-refractivity contribution in [1.82, 2.24) is 9.80 Å². The number of nitrogens with zero attached hydrogens (tertiary/aromatic N) is 3. The minimum atomic E-state index is -0.159. The Morgan fingerprint density at radius 2 is 2.44 bits per heavy atom. The first-order valence-corrected chi connectivity index (χ1v) is 5.11. The van der Waals surface area contributed by atoms with Crippen molar-refractivity contribution in [3.8, 4) is 6.07 Å². The lowest BCUT2D eigenvalue weighted by Crippen LogP contribution is -2.47. The molecule has 0 bridgehead atoms. The lowest BCUT2D eigenvalue weighted by Gasteiger charge is -2.27. The first-order chi connectivity index (χ1) is 7.65. The zero-order chi connectivity index (χ0) is 12.0. The van der Waals surface area contributed by atoms with Crippen molar-refractivity contribution in [1.29, 1.82) is 5.26 Å². The molecule has 0 radical (unpaired) electrons. The molecular weight excluding hydrogens is 210 g/mol. The smallest absolute Gasteiger partial charge is 0.249 e. The molecule has 88 valence electrons. The molecular formula is C10H15N3O3.